The molecule has 5 nitrogen and oxygen atoms in total. The summed E-state index contributed by atoms with van der Waals surface area (Å²) in [4.78, 5) is 24.6. The van der Waals surface area contributed by atoms with Gasteiger partial charge < -0.3 is 10.6 Å². The van der Waals surface area contributed by atoms with Crippen LogP contribution in [-0.2, 0) is 9.59 Å². The highest BCUT2D eigenvalue weighted by Gasteiger charge is 2.37. The summed E-state index contributed by atoms with van der Waals surface area (Å²) in [6.45, 7) is 8.66. The molecule has 0 spiro atoms. The summed E-state index contributed by atoms with van der Waals surface area (Å²) in [6.07, 6.45) is 0. The molecule has 112 valence electrons. The lowest BCUT2D eigenvalue weighted by atomic mass is 9.89. The van der Waals surface area contributed by atoms with Crippen LogP contribution in [0.25, 0.3) is 0 Å². The van der Waals surface area contributed by atoms with E-state index in [4.69, 9.17) is 5.26 Å². The number of nitriles is 1. The van der Waals surface area contributed by atoms with Crippen LogP contribution in [0.5, 0.6) is 0 Å². The van der Waals surface area contributed by atoms with Gasteiger partial charge in [-0.05, 0) is 46.8 Å². The quantitative estimate of drug-likeness (QED) is 0.838. The van der Waals surface area contributed by atoms with Crippen LogP contribution >= 0.6 is 0 Å². The number of amides is 2. The summed E-state index contributed by atoms with van der Waals surface area (Å²) in [5, 5.41) is 14.5. The number of hydrogen-bond donors (Lipinski definition) is 2. The molecular formula is C16H21N3O2. The van der Waals surface area contributed by atoms with Gasteiger partial charge in [0.15, 0.2) is 0 Å². The molecule has 0 saturated heterocycles. The maximum atomic E-state index is 12.3. The van der Waals surface area contributed by atoms with Crippen LogP contribution in [0.1, 0.15) is 40.2 Å². The number of nitrogens with one attached hydrogen (secondary N) is 2. The summed E-state index contributed by atoms with van der Waals surface area (Å²) < 4.78 is 0. The van der Waals surface area contributed by atoms with E-state index in [1.165, 1.54) is 0 Å². The van der Waals surface area contributed by atoms with Gasteiger partial charge >= 0.3 is 0 Å². The Morgan fingerprint density at radius 2 is 1.62 bits per heavy atom. The minimum Gasteiger partial charge on any atom is -0.351 e. The van der Waals surface area contributed by atoms with Gasteiger partial charge in [-0.1, -0.05) is 12.1 Å². The Kier molecular flexibility index (Phi) is 4.74. The van der Waals surface area contributed by atoms with E-state index in [2.05, 4.69) is 10.6 Å². The molecule has 1 rings (SSSR count). The third-order valence-corrected chi connectivity index (χ3v) is 2.92. The van der Waals surface area contributed by atoms with Crippen molar-refractivity contribution < 1.29 is 9.59 Å². The van der Waals surface area contributed by atoms with Gasteiger partial charge in [0.2, 0.25) is 11.8 Å². The molecule has 0 bridgehead atoms. The van der Waals surface area contributed by atoms with Crippen molar-refractivity contribution >= 4 is 17.5 Å². The number of carbonyl (C=O) groups excluding carboxylic acids is 2. The van der Waals surface area contributed by atoms with E-state index in [9.17, 15) is 9.59 Å². The molecule has 21 heavy (non-hydrogen) atoms. The Bertz CT molecular complexity index is 592. The van der Waals surface area contributed by atoms with Crippen molar-refractivity contribution in [2.45, 2.75) is 40.2 Å². The zero-order valence-corrected chi connectivity index (χ0v) is 13.1. The predicted octanol–water partition coefficient (Wildman–Crippen LogP) is 2.44. The van der Waals surface area contributed by atoms with Gasteiger partial charge in [0.05, 0.1) is 11.3 Å². The Balaban J connectivity index is 2.92. The van der Waals surface area contributed by atoms with Crippen LogP contribution in [0.2, 0.25) is 0 Å². The molecule has 0 aliphatic rings. The molecule has 0 heterocycles. The van der Waals surface area contributed by atoms with E-state index in [0.29, 0.717) is 11.3 Å². The second-order valence-corrected chi connectivity index (χ2v) is 6.44. The van der Waals surface area contributed by atoms with Crippen molar-refractivity contribution in [3.63, 3.8) is 0 Å². The molecule has 0 radical (unpaired) electrons. The van der Waals surface area contributed by atoms with E-state index >= 15 is 0 Å². The van der Waals surface area contributed by atoms with Gasteiger partial charge in [0.25, 0.3) is 0 Å². The summed E-state index contributed by atoms with van der Waals surface area (Å²) in [6, 6.07) is 8.68. The van der Waals surface area contributed by atoms with E-state index < -0.39 is 16.9 Å². The highest BCUT2D eigenvalue weighted by atomic mass is 16.2. The second kappa shape index (κ2) is 5.96. The first kappa shape index (κ1) is 16.7. The molecule has 0 aliphatic heterocycles. The minimum absolute atomic E-state index is 0.359. The number of nitrogens with zero attached hydrogens (tertiary/aromatic N) is 1. The van der Waals surface area contributed by atoms with Crippen LogP contribution in [-0.4, -0.2) is 17.4 Å². The Morgan fingerprint density at radius 3 is 2.14 bits per heavy atom. The predicted molar refractivity (Wildman–Crippen MR) is 81.5 cm³/mol. The lowest BCUT2D eigenvalue weighted by Gasteiger charge is -2.28. The van der Waals surface area contributed by atoms with E-state index in [1.807, 2.05) is 26.8 Å². The topological polar surface area (TPSA) is 82.0 Å². The molecule has 1 aromatic rings. The molecular weight excluding hydrogens is 266 g/mol. The second-order valence-electron chi connectivity index (χ2n) is 6.44. The number of hydrogen-bond acceptors (Lipinski definition) is 3. The molecule has 0 fully saturated rings. The zero-order valence-electron chi connectivity index (χ0n) is 13.1. The van der Waals surface area contributed by atoms with Crippen molar-refractivity contribution in [1.29, 1.82) is 5.26 Å². The third-order valence-electron chi connectivity index (χ3n) is 2.92. The Labute approximate surface area is 125 Å². The van der Waals surface area contributed by atoms with Crippen LogP contribution in [0.3, 0.4) is 0 Å². The zero-order chi connectivity index (χ0) is 16.3. The van der Waals surface area contributed by atoms with Gasteiger partial charge in [-0.25, -0.2) is 0 Å². The minimum atomic E-state index is -1.24. The van der Waals surface area contributed by atoms with Gasteiger partial charge in [0, 0.05) is 5.54 Å². The maximum absolute atomic E-state index is 12.3. The summed E-state index contributed by atoms with van der Waals surface area (Å²) in [5.74, 6) is -0.811. The molecule has 1 aromatic carbocycles. The lowest BCUT2D eigenvalue weighted by molar-refractivity contribution is -0.139. The first-order valence-electron chi connectivity index (χ1n) is 6.71. The van der Waals surface area contributed by atoms with Gasteiger partial charge in [-0.15, -0.1) is 0 Å². The fourth-order valence-electron chi connectivity index (χ4n) is 1.57. The highest BCUT2D eigenvalue weighted by molar-refractivity contribution is 6.10. The largest absolute Gasteiger partial charge is 0.351 e. The third kappa shape index (κ3) is 4.32. The fraction of sp³-hybridized carbons (Fsp3) is 0.438. The monoisotopic (exact) mass is 287 g/mol. The molecule has 0 atom stereocenters. The van der Waals surface area contributed by atoms with Crippen molar-refractivity contribution in [2.75, 3.05) is 5.32 Å². The van der Waals surface area contributed by atoms with Gasteiger partial charge in [-0.3, -0.25) is 9.59 Å². The number of anilines is 1. The van der Waals surface area contributed by atoms with E-state index in [-0.39, 0.29) is 5.91 Å². The van der Waals surface area contributed by atoms with E-state index in [0.717, 1.165) is 0 Å². The Morgan fingerprint density at radius 1 is 1.05 bits per heavy atom. The van der Waals surface area contributed by atoms with Gasteiger partial charge in [0.1, 0.15) is 11.5 Å². The first-order chi connectivity index (χ1) is 9.58. The molecule has 0 aromatic heterocycles. The van der Waals surface area contributed by atoms with Crippen LogP contribution < -0.4 is 10.6 Å². The molecule has 0 saturated carbocycles. The van der Waals surface area contributed by atoms with Crippen molar-refractivity contribution in [2.24, 2.45) is 5.41 Å². The smallest absolute Gasteiger partial charge is 0.239 e. The van der Waals surface area contributed by atoms with Crippen LogP contribution in [0.4, 0.5) is 5.69 Å². The maximum Gasteiger partial charge on any atom is 0.239 e. The van der Waals surface area contributed by atoms with Crippen LogP contribution in [0.15, 0.2) is 24.3 Å². The summed E-state index contributed by atoms with van der Waals surface area (Å²) in [5.41, 5.74) is -0.894. The fourth-order valence-corrected chi connectivity index (χ4v) is 1.57. The average molecular weight is 287 g/mol. The van der Waals surface area contributed by atoms with Crippen LogP contribution in [0, 0.1) is 16.7 Å². The number of carbonyl (C=O) groups is 2. The normalized spacial score (nSPS) is 11.4. The number of rotatable bonds is 3. The first-order valence-corrected chi connectivity index (χ1v) is 6.71. The number of para-hydroxylation sites is 1. The Hall–Kier alpha value is -2.35. The molecule has 5 heteroatoms. The lowest BCUT2D eigenvalue weighted by Crippen LogP contribution is -2.51. The average Bonchev–Trinajstić information content (AvgIpc) is 2.37. The van der Waals surface area contributed by atoms with Crippen molar-refractivity contribution in [3.8, 4) is 6.07 Å². The highest BCUT2D eigenvalue weighted by Crippen LogP contribution is 2.22. The standard InChI is InChI=1S/C16H21N3O2/c1-15(2,3)19-14(21)16(4,5)13(20)18-12-9-7-6-8-11(12)10-17/h6-9H,1-5H3,(H,18,20)(H,19,21). The molecule has 2 N–H and O–H groups in total. The summed E-state index contributed by atoms with van der Waals surface area (Å²) in [7, 11) is 0. The van der Waals surface area contributed by atoms with Crippen molar-refractivity contribution in [3.05, 3.63) is 29.8 Å². The molecule has 0 aliphatic carbocycles. The SMILES string of the molecule is CC(C)(C)NC(=O)C(C)(C)C(=O)Nc1ccccc1C#N. The van der Waals surface area contributed by atoms with Crippen molar-refractivity contribution in [1.82, 2.24) is 5.32 Å². The van der Waals surface area contributed by atoms with Gasteiger partial charge in [-0.2, -0.15) is 5.26 Å². The summed E-state index contributed by atoms with van der Waals surface area (Å²) >= 11 is 0. The molecule has 2 amide bonds. The van der Waals surface area contributed by atoms with E-state index in [1.54, 1.807) is 38.1 Å². The molecule has 0 unspecified atom stereocenters. The number of benzene rings is 1.